The topological polar surface area (TPSA) is 133 Å². The van der Waals surface area contributed by atoms with Gasteiger partial charge in [0.05, 0.1) is 36.3 Å². The van der Waals surface area contributed by atoms with E-state index in [2.05, 4.69) is 48.8 Å². The first kappa shape index (κ1) is 30.1. The molecule has 0 saturated carbocycles. The van der Waals surface area contributed by atoms with Gasteiger partial charge < -0.3 is 14.9 Å². The van der Waals surface area contributed by atoms with Crippen LogP contribution in [0.3, 0.4) is 0 Å². The van der Waals surface area contributed by atoms with Crippen LogP contribution in [0.4, 0.5) is 5.82 Å². The zero-order chi connectivity index (χ0) is 28.0. The molecule has 3 rings (SSSR count). The van der Waals surface area contributed by atoms with Gasteiger partial charge in [-0.25, -0.2) is 19.5 Å². The molecular formula is C24H44N5O6PSi. The zero-order valence-corrected chi connectivity index (χ0v) is 26.0. The Morgan fingerprint density at radius 2 is 1.65 bits per heavy atom. The van der Waals surface area contributed by atoms with Gasteiger partial charge in [0, 0.05) is 6.42 Å². The molecule has 1 aliphatic heterocycles. The minimum atomic E-state index is -3.90. The van der Waals surface area contributed by atoms with Gasteiger partial charge in [0.2, 0.25) is 0 Å². The number of imidazole rings is 1. The lowest BCUT2D eigenvalue weighted by Crippen LogP contribution is -2.45. The predicted octanol–water partition coefficient (Wildman–Crippen LogP) is 5.84. The van der Waals surface area contributed by atoms with Crippen molar-refractivity contribution in [2.24, 2.45) is 0 Å². The van der Waals surface area contributed by atoms with Gasteiger partial charge in [-0.3, -0.25) is 18.1 Å². The first-order chi connectivity index (χ1) is 16.7. The molecule has 0 aromatic carbocycles. The summed E-state index contributed by atoms with van der Waals surface area (Å²) < 4.78 is 46.0. The number of fused-ring (bicyclic) bond motifs is 1. The molecule has 0 bridgehead atoms. The Hall–Kier alpha value is -1.40. The highest BCUT2D eigenvalue weighted by Crippen LogP contribution is 2.56. The first-order valence-electron chi connectivity index (χ1n) is 12.6. The van der Waals surface area contributed by atoms with Crippen molar-refractivity contribution in [2.45, 2.75) is 117 Å². The van der Waals surface area contributed by atoms with Gasteiger partial charge in [-0.15, -0.1) is 0 Å². The molecule has 1 fully saturated rings. The number of ether oxygens (including phenoxy) is 1. The number of anilines is 1. The van der Waals surface area contributed by atoms with E-state index in [-0.39, 0.29) is 17.7 Å². The number of phosphoric ester groups is 1. The van der Waals surface area contributed by atoms with E-state index in [1.165, 1.54) is 6.33 Å². The van der Waals surface area contributed by atoms with Crippen LogP contribution in [-0.2, 0) is 27.3 Å². The molecule has 2 aromatic heterocycles. The van der Waals surface area contributed by atoms with E-state index in [1.54, 1.807) is 47.9 Å². The van der Waals surface area contributed by atoms with E-state index in [9.17, 15) is 4.57 Å². The smallest absolute Gasteiger partial charge is 0.409 e. The third-order valence-electron chi connectivity index (χ3n) is 6.25. The lowest BCUT2D eigenvalue weighted by atomic mass is 10.2. The summed E-state index contributed by atoms with van der Waals surface area (Å²) in [5, 5.41) is -0.00740. The maximum atomic E-state index is 13.6. The van der Waals surface area contributed by atoms with Crippen molar-refractivity contribution in [2.75, 3.05) is 12.3 Å². The second-order valence-corrected chi connectivity index (χ2v) is 19.3. The Morgan fingerprint density at radius 1 is 1.05 bits per heavy atom. The Labute approximate surface area is 221 Å². The van der Waals surface area contributed by atoms with Crippen molar-refractivity contribution in [1.82, 2.24) is 19.5 Å². The molecule has 2 N–H and O–H groups in total. The van der Waals surface area contributed by atoms with Crippen LogP contribution in [0, 0.1) is 0 Å². The highest BCUT2D eigenvalue weighted by molar-refractivity contribution is 7.48. The van der Waals surface area contributed by atoms with Gasteiger partial charge in [0.25, 0.3) is 0 Å². The molecule has 13 heteroatoms. The Bertz CT molecular complexity index is 1120. The minimum Gasteiger partial charge on any atom is -0.409 e. The van der Waals surface area contributed by atoms with E-state index < -0.39 is 39.7 Å². The molecule has 11 nitrogen and oxygen atoms in total. The number of hydrogen-bond acceptors (Lipinski definition) is 10. The second kappa shape index (κ2) is 10.3. The molecule has 0 amide bonds. The summed E-state index contributed by atoms with van der Waals surface area (Å²) in [5.41, 5.74) is 5.60. The van der Waals surface area contributed by atoms with Crippen LogP contribution in [0.5, 0.6) is 0 Å². The summed E-state index contributed by atoms with van der Waals surface area (Å²) in [6.07, 6.45) is 2.28. The summed E-state index contributed by atoms with van der Waals surface area (Å²) in [4.78, 5) is 12.8. The zero-order valence-electron chi connectivity index (χ0n) is 24.1. The Balaban J connectivity index is 1.88. The molecule has 37 heavy (non-hydrogen) atoms. The highest BCUT2D eigenvalue weighted by atomic mass is 31.2. The van der Waals surface area contributed by atoms with Gasteiger partial charge in [-0.1, -0.05) is 20.8 Å². The number of phosphoric acid groups is 1. The average Bonchev–Trinajstić information content (AvgIpc) is 3.27. The number of aromatic nitrogens is 4. The summed E-state index contributed by atoms with van der Waals surface area (Å²) in [6.45, 7) is 21.8. The van der Waals surface area contributed by atoms with Crippen molar-refractivity contribution in [3.05, 3.63) is 12.7 Å². The number of rotatable bonds is 8. The number of nitrogen functional groups attached to an aromatic ring is 1. The van der Waals surface area contributed by atoms with Gasteiger partial charge in [-0.2, -0.15) is 0 Å². The van der Waals surface area contributed by atoms with Crippen LogP contribution in [0.2, 0.25) is 18.1 Å². The molecule has 3 heterocycles. The summed E-state index contributed by atoms with van der Waals surface area (Å²) >= 11 is 0. The summed E-state index contributed by atoms with van der Waals surface area (Å²) in [6, 6.07) is 0. The molecule has 1 saturated heterocycles. The monoisotopic (exact) mass is 557 g/mol. The molecule has 1 aliphatic rings. The first-order valence-corrected chi connectivity index (χ1v) is 17.0. The van der Waals surface area contributed by atoms with Crippen LogP contribution in [0.1, 0.15) is 75.0 Å². The average molecular weight is 558 g/mol. The third-order valence-corrected chi connectivity index (χ3v) is 12.8. The normalized spacial score (nSPS) is 22.2. The lowest BCUT2D eigenvalue weighted by Gasteiger charge is -2.39. The van der Waals surface area contributed by atoms with Gasteiger partial charge >= 0.3 is 7.82 Å². The summed E-state index contributed by atoms with van der Waals surface area (Å²) in [5.74, 6) is 0.295. The van der Waals surface area contributed by atoms with Gasteiger partial charge in [0.1, 0.15) is 11.8 Å². The lowest BCUT2D eigenvalue weighted by molar-refractivity contribution is -0.0555. The van der Waals surface area contributed by atoms with E-state index in [4.69, 9.17) is 28.5 Å². The van der Waals surface area contributed by atoms with Gasteiger partial charge in [0.15, 0.2) is 26.0 Å². The van der Waals surface area contributed by atoms with Crippen LogP contribution >= 0.6 is 7.82 Å². The molecule has 1 unspecified atom stereocenters. The molecule has 2 aromatic rings. The molecule has 0 aliphatic carbocycles. The largest absolute Gasteiger partial charge is 0.475 e. The predicted molar refractivity (Wildman–Crippen MR) is 146 cm³/mol. The highest BCUT2D eigenvalue weighted by Gasteiger charge is 2.47. The van der Waals surface area contributed by atoms with Crippen molar-refractivity contribution in [1.29, 1.82) is 0 Å². The van der Waals surface area contributed by atoms with E-state index >= 15 is 0 Å². The van der Waals surface area contributed by atoms with E-state index in [0.29, 0.717) is 23.4 Å². The SMILES string of the molecule is CC(C)(C)OP(=O)(OC[C@@H]1CC(O[Si](C)(C)C(C)(C)C)[C@H](n2cnc3c(N)ncnc32)O1)OC(C)(C)C. The standard InChI is InChI=1S/C24H44N5O6PSi/c1-22(2,3)34-36(30,35-23(4,5)6)31-13-16-12-17(33-37(10,11)24(7,8)9)21(32-16)29-15-28-18-19(25)26-14-27-20(18)29/h14-17,21H,12-13H2,1-11H3,(H2,25,26,27)/t16-,17?,21+/m0/s1. The fraction of sp³-hybridized carbons (Fsp3) is 0.792. The second-order valence-electron chi connectivity index (χ2n) is 13.0. The summed E-state index contributed by atoms with van der Waals surface area (Å²) in [7, 11) is -6.07. The molecule has 0 spiro atoms. The van der Waals surface area contributed by atoms with Gasteiger partial charge in [-0.05, 0) is 59.7 Å². The van der Waals surface area contributed by atoms with Crippen molar-refractivity contribution in [3.8, 4) is 0 Å². The van der Waals surface area contributed by atoms with Crippen LogP contribution < -0.4 is 5.73 Å². The van der Waals surface area contributed by atoms with E-state index in [0.717, 1.165) is 0 Å². The fourth-order valence-electron chi connectivity index (χ4n) is 3.70. The Kier molecular flexibility index (Phi) is 8.38. The van der Waals surface area contributed by atoms with Crippen LogP contribution in [0.25, 0.3) is 11.2 Å². The van der Waals surface area contributed by atoms with Crippen molar-refractivity contribution < 1.29 is 27.3 Å². The maximum absolute atomic E-state index is 13.6. The maximum Gasteiger partial charge on any atom is 0.475 e. The third kappa shape index (κ3) is 7.59. The fourth-order valence-corrected chi connectivity index (χ4v) is 6.86. The minimum absolute atomic E-state index is 0.00104. The molecule has 3 atom stereocenters. The number of nitrogens with zero attached hydrogens (tertiary/aromatic N) is 4. The number of hydrogen-bond donors (Lipinski definition) is 1. The molecule has 210 valence electrons. The quantitative estimate of drug-likeness (QED) is 0.312. The Morgan fingerprint density at radius 3 is 2.19 bits per heavy atom. The number of nitrogens with two attached hydrogens (primary N) is 1. The van der Waals surface area contributed by atoms with E-state index in [1.807, 2.05) is 4.57 Å². The molecule has 0 radical (unpaired) electrons. The molecular weight excluding hydrogens is 513 g/mol. The van der Waals surface area contributed by atoms with Crippen LogP contribution in [0.15, 0.2) is 12.7 Å². The van der Waals surface area contributed by atoms with Crippen molar-refractivity contribution in [3.63, 3.8) is 0 Å². The van der Waals surface area contributed by atoms with Crippen LogP contribution in [-0.4, -0.2) is 57.9 Å². The van der Waals surface area contributed by atoms with Crippen molar-refractivity contribution >= 4 is 33.1 Å².